The van der Waals surface area contributed by atoms with Crippen molar-refractivity contribution in [3.8, 4) is 0 Å². The van der Waals surface area contributed by atoms with Crippen LogP contribution in [0.1, 0.15) is 45.5 Å². The molecule has 1 atom stereocenters. The number of amides is 2. The number of carbonyl (C=O) groups excluding carboxylic acids is 1. The van der Waals surface area contributed by atoms with Gasteiger partial charge in [-0.3, -0.25) is 5.32 Å². The van der Waals surface area contributed by atoms with Gasteiger partial charge in [0.25, 0.3) is 0 Å². The standard InChI is InChI=1S/C17H26N4O3S/c1-11-9-12(2)19-14(18-11)20-15(22)21-25(23,24)13-10-16(3,4)7-8-17(13,5)6/h7-9,13H,10H2,1-6H3,(H2,18,19,20,21,22). The zero-order valence-electron chi connectivity index (χ0n) is 15.5. The summed E-state index contributed by atoms with van der Waals surface area (Å²) in [5.41, 5.74) is 0.553. The molecule has 1 aromatic heterocycles. The van der Waals surface area contributed by atoms with E-state index in [4.69, 9.17) is 0 Å². The third-order valence-corrected chi connectivity index (χ3v) is 6.32. The van der Waals surface area contributed by atoms with Crippen LogP contribution in [0.2, 0.25) is 0 Å². The van der Waals surface area contributed by atoms with Gasteiger partial charge in [0.1, 0.15) is 0 Å². The van der Waals surface area contributed by atoms with Crippen LogP contribution in [0, 0.1) is 24.7 Å². The molecule has 1 aromatic rings. The Morgan fingerprint density at radius 1 is 1.12 bits per heavy atom. The van der Waals surface area contributed by atoms with Gasteiger partial charge in [0.15, 0.2) is 0 Å². The zero-order valence-corrected chi connectivity index (χ0v) is 16.4. The Morgan fingerprint density at radius 2 is 1.68 bits per heavy atom. The molecular weight excluding hydrogens is 340 g/mol. The highest BCUT2D eigenvalue weighted by Crippen LogP contribution is 2.42. The maximum atomic E-state index is 12.8. The Hall–Kier alpha value is -1.96. The molecular formula is C17H26N4O3S. The van der Waals surface area contributed by atoms with Gasteiger partial charge in [-0.1, -0.05) is 39.8 Å². The first-order chi connectivity index (χ1) is 11.3. The van der Waals surface area contributed by atoms with Gasteiger partial charge in [0.05, 0.1) is 5.25 Å². The second-order valence-electron chi connectivity index (χ2n) is 7.91. The molecule has 2 N–H and O–H groups in total. The van der Waals surface area contributed by atoms with Crippen LogP contribution in [0.15, 0.2) is 18.2 Å². The van der Waals surface area contributed by atoms with Crippen molar-refractivity contribution in [2.24, 2.45) is 10.8 Å². The maximum Gasteiger partial charge on any atom is 0.335 e. The van der Waals surface area contributed by atoms with Crippen LogP contribution in [0.3, 0.4) is 0 Å². The van der Waals surface area contributed by atoms with E-state index < -0.39 is 26.7 Å². The molecule has 2 rings (SSSR count). The number of nitrogens with one attached hydrogen (secondary N) is 2. The number of aryl methyl sites for hydroxylation is 2. The fourth-order valence-electron chi connectivity index (χ4n) is 2.98. The van der Waals surface area contributed by atoms with Crippen molar-refractivity contribution in [3.05, 3.63) is 29.6 Å². The van der Waals surface area contributed by atoms with E-state index in [0.717, 1.165) is 0 Å². The maximum absolute atomic E-state index is 12.8. The molecule has 1 heterocycles. The predicted octanol–water partition coefficient (Wildman–Crippen LogP) is 2.93. The van der Waals surface area contributed by atoms with Gasteiger partial charge in [0, 0.05) is 16.8 Å². The molecule has 0 bridgehead atoms. The lowest BCUT2D eigenvalue weighted by Crippen LogP contribution is -2.49. The van der Waals surface area contributed by atoms with E-state index >= 15 is 0 Å². The van der Waals surface area contributed by atoms with E-state index in [9.17, 15) is 13.2 Å². The number of hydrogen-bond acceptors (Lipinski definition) is 5. The molecule has 1 unspecified atom stereocenters. The number of nitrogens with zero attached hydrogens (tertiary/aromatic N) is 2. The molecule has 0 spiro atoms. The van der Waals surface area contributed by atoms with Gasteiger partial charge >= 0.3 is 6.03 Å². The van der Waals surface area contributed by atoms with E-state index in [1.165, 1.54) is 0 Å². The fourth-order valence-corrected chi connectivity index (χ4v) is 4.95. The molecule has 2 amide bonds. The van der Waals surface area contributed by atoms with Crippen molar-refractivity contribution >= 4 is 22.0 Å². The first-order valence-corrected chi connectivity index (χ1v) is 9.71. The second kappa shape index (κ2) is 6.40. The van der Waals surface area contributed by atoms with Gasteiger partial charge < -0.3 is 0 Å². The van der Waals surface area contributed by atoms with Crippen LogP contribution in [-0.2, 0) is 10.0 Å². The molecule has 0 aliphatic heterocycles. The molecule has 1 aliphatic carbocycles. The number of aromatic nitrogens is 2. The van der Waals surface area contributed by atoms with Crippen LogP contribution < -0.4 is 10.0 Å². The Morgan fingerprint density at radius 3 is 2.24 bits per heavy atom. The minimum Gasteiger partial charge on any atom is -0.275 e. The highest BCUT2D eigenvalue weighted by molar-refractivity contribution is 7.90. The van der Waals surface area contributed by atoms with Gasteiger partial charge in [0.2, 0.25) is 16.0 Å². The Bertz CT molecular complexity index is 793. The molecule has 1 aliphatic rings. The number of sulfonamides is 1. The molecule has 0 fully saturated rings. The highest BCUT2D eigenvalue weighted by Gasteiger charge is 2.44. The summed E-state index contributed by atoms with van der Waals surface area (Å²) in [5.74, 6) is 0.0772. The summed E-state index contributed by atoms with van der Waals surface area (Å²) in [6, 6.07) is 0.909. The Kier molecular flexibility index (Phi) is 4.96. The van der Waals surface area contributed by atoms with E-state index in [-0.39, 0.29) is 11.4 Å². The van der Waals surface area contributed by atoms with Crippen LogP contribution in [-0.4, -0.2) is 29.7 Å². The molecule has 0 saturated carbocycles. The lowest BCUT2D eigenvalue weighted by Gasteiger charge is -2.40. The zero-order chi connectivity index (χ0) is 19.0. The van der Waals surface area contributed by atoms with E-state index in [0.29, 0.717) is 17.8 Å². The van der Waals surface area contributed by atoms with Gasteiger partial charge in [-0.15, -0.1) is 0 Å². The molecule has 138 valence electrons. The third-order valence-electron chi connectivity index (χ3n) is 4.32. The molecule has 0 aromatic carbocycles. The number of anilines is 1. The Labute approximate surface area is 149 Å². The smallest absolute Gasteiger partial charge is 0.275 e. The molecule has 8 heteroatoms. The molecule has 25 heavy (non-hydrogen) atoms. The topological polar surface area (TPSA) is 101 Å². The lowest BCUT2D eigenvalue weighted by molar-refractivity contribution is 0.255. The predicted molar refractivity (Wildman–Crippen MR) is 97.7 cm³/mol. The van der Waals surface area contributed by atoms with Gasteiger partial charge in [-0.05, 0) is 31.7 Å². The number of rotatable bonds is 3. The normalized spacial score (nSPS) is 21.6. The van der Waals surface area contributed by atoms with E-state index in [2.05, 4.69) is 20.0 Å². The summed E-state index contributed by atoms with van der Waals surface area (Å²) >= 11 is 0. The Balaban J connectivity index is 2.17. The summed E-state index contributed by atoms with van der Waals surface area (Å²) in [6.45, 7) is 11.2. The minimum absolute atomic E-state index is 0.0772. The van der Waals surface area contributed by atoms with Crippen LogP contribution in [0.25, 0.3) is 0 Å². The molecule has 7 nitrogen and oxygen atoms in total. The van der Waals surface area contributed by atoms with Crippen molar-refractivity contribution in [2.45, 2.75) is 53.2 Å². The highest BCUT2D eigenvalue weighted by atomic mass is 32.2. The largest absolute Gasteiger partial charge is 0.335 e. The number of hydrogen-bond donors (Lipinski definition) is 2. The monoisotopic (exact) mass is 366 g/mol. The van der Waals surface area contributed by atoms with Crippen molar-refractivity contribution in [2.75, 3.05) is 5.32 Å². The fraction of sp³-hybridized carbons (Fsp3) is 0.588. The van der Waals surface area contributed by atoms with Crippen molar-refractivity contribution in [1.82, 2.24) is 14.7 Å². The van der Waals surface area contributed by atoms with Gasteiger partial charge in [-0.25, -0.2) is 27.9 Å². The molecule has 0 saturated heterocycles. The van der Waals surface area contributed by atoms with Crippen LogP contribution in [0.5, 0.6) is 0 Å². The summed E-state index contributed by atoms with van der Waals surface area (Å²) in [4.78, 5) is 20.3. The van der Waals surface area contributed by atoms with E-state index in [1.54, 1.807) is 19.9 Å². The average Bonchev–Trinajstić information content (AvgIpc) is 2.40. The van der Waals surface area contributed by atoms with Gasteiger partial charge in [-0.2, -0.15) is 0 Å². The summed E-state index contributed by atoms with van der Waals surface area (Å²) in [6.07, 6.45) is 4.37. The number of carbonyl (C=O) groups is 1. The quantitative estimate of drug-likeness (QED) is 0.801. The SMILES string of the molecule is Cc1cc(C)nc(NC(=O)NS(=O)(=O)C2CC(C)(C)C=CC2(C)C)n1. The molecule has 0 radical (unpaired) electrons. The summed E-state index contributed by atoms with van der Waals surface area (Å²) < 4.78 is 27.7. The first kappa shape index (κ1) is 19.4. The van der Waals surface area contributed by atoms with Crippen molar-refractivity contribution in [1.29, 1.82) is 0 Å². The van der Waals surface area contributed by atoms with Crippen molar-refractivity contribution < 1.29 is 13.2 Å². The second-order valence-corrected chi connectivity index (χ2v) is 9.77. The van der Waals surface area contributed by atoms with E-state index in [1.807, 2.05) is 39.8 Å². The third kappa shape index (κ3) is 4.78. The van der Waals surface area contributed by atoms with Crippen molar-refractivity contribution in [3.63, 3.8) is 0 Å². The average molecular weight is 366 g/mol. The summed E-state index contributed by atoms with van der Waals surface area (Å²) in [7, 11) is -3.87. The number of urea groups is 1. The lowest BCUT2D eigenvalue weighted by atomic mass is 9.72. The first-order valence-electron chi connectivity index (χ1n) is 8.16. The summed E-state index contributed by atoms with van der Waals surface area (Å²) in [5, 5.41) is 1.68. The van der Waals surface area contributed by atoms with Crippen LogP contribution in [0.4, 0.5) is 10.7 Å². The van der Waals surface area contributed by atoms with Crippen LogP contribution >= 0.6 is 0 Å². The minimum atomic E-state index is -3.87. The number of allylic oxidation sites excluding steroid dienone is 2.